The summed E-state index contributed by atoms with van der Waals surface area (Å²) in [5.41, 5.74) is 1.48. The third kappa shape index (κ3) is 3.05. The Morgan fingerprint density at radius 3 is 2.96 bits per heavy atom. The van der Waals surface area contributed by atoms with Gasteiger partial charge in [0.05, 0.1) is 6.54 Å². The molecule has 1 saturated heterocycles. The third-order valence-corrected chi connectivity index (χ3v) is 4.12. The summed E-state index contributed by atoms with van der Waals surface area (Å²) in [5, 5.41) is 0.687. The maximum Gasteiger partial charge on any atom is 0.180 e. The zero-order valence-corrected chi connectivity index (χ0v) is 13.1. The molecule has 1 fully saturated rings. The molecule has 116 valence electrons. The van der Waals surface area contributed by atoms with Crippen molar-refractivity contribution < 1.29 is 4.74 Å². The normalized spacial score (nSPS) is 17.6. The Morgan fingerprint density at radius 2 is 2.04 bits per heavy atom. The van der Waals surface area contributed by atoms with Gasteiger partial charge < -0.3 is 9.64 Å². The van der Waals surface area contributed by atoms with Gasteiger partial charge in [0.15, 0.2) is 5.65 Å². The van der Waals surface area contributed by atoms with E-state index in [2.05, 4.69) is 19.9 Å². The van der Waals surface area contributed by atoms with Crippen LogP contribution in [0.25, 0.3) is 11.2 Å². The van der Waals surface area contributed by atoms with Gasteiger partial charge >= 0.3 is 0 Å². The van der Waals surface area contributed by atoms with E-state index < -0.39 is 0 Å². The molecule has 0 saturated carbocycles. The number of anilines is 1. The van der Waals surface area contributed by atoms with Gasteiger partial charge in [-0.2, -0.15) is 0 Å². The highest BCUT2D eigenvalue weighted by molar-refractivity contribution is 6.30. The number of fused-ring (bicyclic) bond motifs is 1. The van der Waals surface area contributed by atoms with E-state index >= 15 is 0 Å². The van der Waals surface area contributed by atoms with Crippen molar-refractivity contribution >= 4 is 28.6 Å². The molecule has 1 aliphatic rings. The fourth-order valence-electron chi connectivity index (χ4n) is 2.79. The van der Waals surface area contributed by atoms with Crippen LogP contribution in [0.5, 0.6) is 5.75 Å². The smallest absolute Gasteiger partial charge is 0.180 e. The summed E-state index contributed by atoms with van der Waals surface area (Å²) in [6.07, 6.45) is 4.42. The predicted molar refractivity (Wildman–Crippen MR) is 90.0 cm³/mol. The molecule has 1 aromatic carbocycles. The summed E-state index contributed by atoms with van der Waals surface area (Å²) < 4.78 is 6.01. The van der Waals surface area contributed by atoms with E-state index in [9.17, 15) is 0 Å². The van der Waals surface area contributed by atoms with Crippen molar-refractivity contribution in [3.63, 3.8) is 0 Å². The molecule has 0 radical (unpaired) electrons. The van der Waals surface area contributed by atoms with Crippen molar-refractivity contribution in [3.05, 3.63) is 53.8 Å². The van der Waals surface area contributed by atoms with Gasteiger partial charge in [-0.25, -0.2) is 9.97 Å². The molecule has 1 aliphatic heterocycles. The van der Waals surface area contributed by atoms with Gasteiger partial charge in [-0.3, -0.25) is 4.98 Å². The van der Waals surface area contributed by atoms with Crippen LogP contribution in [0.15, 0.2) is 48.8 Å². The van der Waals surface area contributed by atoms with Crippen LogP contribution in [0.1, 0.15) is 6.42 Å². The molecule has 3 heterocycles. The van der Waals surface area contributed by atoms with Gasteiger partial charge in [-0.05, 0) is 30.3 Å². The highest BCUT2D eigenvalue weighted by atomic mass is 35.5. The lowest BCUT2D eigenvalue weighted by atomic mass is 10.3. The second kappa shape index (κ2) is 6.01. The first kappa shape index (κ1) is 14.2. The third-order valence-electron chi connectivity index (χ3n) is 3.88. The minimum absolute atomic E-state index is 0.132. The molecule has 4 rings (SSSR count). The fourth-order valence-corrected chi connectivity index (χ4v) is 2.97. The monoisotopic (exact) mass is 326 g/mol. The largest absolute Gasteiger partial charge is 0.488 e. The van der Waals surface area contributed by atoms with E-state index in [1.54, 1.807) is 12.4 Å². The lowest BCUT2D eigenvalue weighted by molar-refractivity contribution is 0.225. The van der Waals surface area contributed by atoms with E-state index in [1.165, 1.54) is 0 Å². The standard InChI is InChI=1S/C17H15ClN4O/c18-12-2-1-3-13(10-12)23-14-6-9-22(11-14)16-5-4-15-17(21-16)20-8-7-19-15/h1-5,7-8,10,14H,6,9,11H2. The average Bonchev–Trinajstić information content (AvgIpc) is 3.03. The molecular formula is C17H15ClN4O. The van der Waals surface area contributed by atoms with Crippen LogP contribution in [-0.4, -0.2) is 34.1 Å². The van der Waals surface area contributed by atoms with E-state index in [1.807, 2.05) is 36.4 Å². The quantitative estimate of drug-likeness (QED) is 0.739. The van der Waals surface area contributed by atoms with Gasteiger partial charge in [0.1, 0.15) is 23.2 Å². The minimum Gasteiger partial charge on any atom is -0.488 e. The molecule has 0 aliphatic carbocycles. The number of halogens is 1. The first-order chi connectivity index (χ1) is 11.3. The van der Waals surface area contributed by atoms with Gasteiger partial charge in [0, 0.05) is 30.4 Å². The first-order valence-electron chi connectivity index (χ1n) is 7.53. The minimum atomic E-state index is 0.132. The number of rotatable bonds is 3. The summed E-state index contributed by atoms with van der Waals surface area (Å²) in [4.78, 5) is 15.3. The summed E-state index contributed by atoms with van der Waals surface area (Å²) in [7, 11) is 0. The Balaban J connectivity index is 1.48. The molecule has 1 atom stereocenters. The number of pyridine rings is 1. The lowest BCUT2D eigenvalue weighted by Crippen LogP contribution is -2.25. The average molecular weight is 327 g/mol. The van der Waals surface area contributed by atoms with Crippen molar-refractivity contribution in [2.45, 2.75) is 12.5 Å². The molecule has 3 aromatic rings. The number of hydrogen-bond donors (Lipinski definition) is 0. The second-order valence-corrected chi connectivity index (χ2v) is 5.94. The summed E-state index contributed by atoms with van der Waals surface area (Å²) >= 11 is 6.00. The molecule has 5 nitrogen and oxygen atoms in total. The predicted octanol–water partition coefficient (Wildman–Crippen LogP) is 3.34. The molecule has 2 aromatic heterocycles. The fraction of sp³-hybridized carbons (Fsp3) is 0.235. The highest BCUT2D eigenvalue weighted by Gasteiger charge is 2.25. The summed E-state index contributed by atoms with van der Waals surface area (Å²) in [5.74, 6) is 1.72. The van der Waals surface area contributed by atoms with Crippen molar-refractivity contribution in [2.75, 3.05) is 18.0 Å². The number of ether oxygens (including phenoxy) is 1. The number of benzene rings is 1. The Hall–Kier alpha value is -2.40. The van der Waals surface area contributed by atoms with E-state index in [-0.39, 0.29) is 6.10 Å². The number of nitrogens with zero attached hydrogens (tertiary/aromatic N) is 4. The van der Waals surface area contributed by atoms with Crippen LogP contribution in [-0.2, 0) is 0 Å². The summed E-state index contributed by atoms with van der Waals surface area (Å²) in [6, 6.07) is 11.4. The molecule has 23 heavy (non-hydrogen) atoms. The van der Waals surface area contributed by atoms with Crippen molar-refractivity contribution in [1.29, 1.82) is 0 Å². The second-order valence-electron chi connectivity index (χ2n) is 5.50. The van der Waals surface area contributed by atoms with Gasteiger partial charge in [0.2, 0.25) is 0 Å². The van der Waals surface area contributed by atoms with Crippen molar-refractivity contribution in [3.8, 4) is 5.75 Å². The highest BCUT2D eigenvalue weighted by Crippen LogP contribution is 2.24. The molecule has 6 heteroatoms. The molecule has 0 N–H and O–H groups in total. The Labute approximate surface area is 138 Å². The zero-order chi connectivity index (χ0) is 15.6. The first-order valence-corrected chi connectivity index (χ1v) is 7.91. The summed E-state index contributed by atoms with van der Waals surface area (Å²) in [6.45, 7) is 1.70. The number of aromatic nitrogens is 3. The lowest BCUT2D eigenvalue weighted by Gasteiger charge is -2.18. The maximum absolute atomic E-state index is 6.01. The van der Waals surface area contributed by atoms with Crippen LogP contribution in [0.4, 0.5) is 5.82 Å². The molecule has 1 unspecified atom stereocenters. The van der Waals surface area contributed by atoms with E-state index in [4.69, 9.17) is 16.3 Å². The Morgan fingerprint density at radius 1 is 1.13 bits per heavy atom. The van der Waals surface area contributed by atoms with Gasteiger partial charge in [-0.15, -0.1) is 0 Å². The van der Waals surface area contributed by atoms with Crippen molar-refractivity contribution in [2.24, 2.45) is 0 Å². The maximum atomic E-state index is 6.01. The van der Waals surface area contributed by atoms with Crippen molar-refractivity contribution in [1.82, 2.24) is 15.0 Å². The Kier molecular flexibility index (Phi) is 3.71. The van der Waals surface area contributed by atoms with Crippen LogP contribution in [0.2, 0.25) is 5.02 Å². The van der Waals surface area contributed by atoms with E-state index in [0.29, 0.717) is 10.7 Å². The van der Waals surface area contributed by atoms with Gasteiger partial charge in [0.25, 0.3) is 0 Å². The molecular weight excluding hydrogens is 312 g/mol. The molecule has 0 amide bonds. The van der Waals surface area contributed by atoms with E-state index in [0.717, 1.165) is 36.6 Å². The van der Waals surface area contributed by atoms with Crippen LogP contribution >= 0.6 is 11.6 Å². The zero-order valence-electron chi connectivity index (χ0n) is 12.4. The SMILES string of the molecule is Clc1cccc(OC2CCN(c3ccc4nccnc4n3)C2)c1. The van der Waals surface area contributed by atoms with Crippen LogP contribution in [0.3, 0.4) is 0 Å². The molecule has 0 bridgehead atoms. The van der Waals surface area contributed by atoms with Crippen LogP contribution < -0.4 is 9.64 Å². The Bertz CT molecular complexity index is 841. The topological polar surface area (TPSA) is 51.1 Å². The molecule has 0 spiro atoms. The van der Waals surface area contributed by atoms with Gasteiger partial charge in [-0.1, -0.05) is 17.7 Å². The number of hydrogen-bond acceptors (Lipinski definition) is 5. The van der Waals surface area contributed by atoms with Crippen LogP contribution in [0, 0.1) is 0 Å².